The predicted octanol–water partition coefficient (Wildman–Crippen LogP) is 11.5. The van der Waals surface area contributed by atoms with Crippen LogP contribution in [-0.4, -0.2) is 19.5 Å². The van der Waals surface area contributed by atoms with Crippen LogP contribution in [0.15, 0.2) is 174 Å². The Morgan fingerprint density at radius 2 is 1.06 bits per heavy atom. The summed E-state index contributed by atoms with van der Waals surface area (Å²) in [5.41, 5.74) is 5.86. The van der Waals surface area contributed by atoms with Gasteiger partial charge in [-0.3, -0.25) is 0 Å². The molecule has 0 fully saturated rings. The maximum absolute atomic E-state index is 8.91. The molecule has 5 heteroatoms. The lowest BCUT2D eigenvalue weighted by Crippen LogP contribution is -2.00. The number of benzene rings is 7. The molecule has 0 atom stereocenters. The first-order valence-electron chi connectivity index (χ1n) is 20.0. The number of nitrogens with zero attached hydrogens (tertiary/aromatic N) is 4. The van der Waals surface area contributed by atoms with E-state index in [1.165, 1.54) is 4.57 Å². The molecule has 3 aromatic heterocycles. The number of furan rings is 1. The van der Waals surface area contributed by atoms with Gasteiger partial charge in [-0.1, -0.05) is 127 Å². The van der Waals surface area contributed by atoms with Crippen molar-refractivity contribution in [3.05, 3.63) is 170 Å². The molecular weight excluding hydrogens is 613 g/mol. The molecule has 0 aliphatic rings. The van der Waals surface area contributed by atoms with Gasteiger partial charge in [0.2, 0.25) is 0 Å². The van der Waals surface area contributed by atoms with Crippen LogP contribution in [0.1, 0.15) is 11.0 Å². The zero-order chi connectivity index (χ0) is 40.0. The maximum atomic E-state index is 8.91. The van der Waals surface area contributed by atoms with Gasteiger partial charge in [-0.2, -0.15) is 0 Å². The zero-order valence-electron chi connectivity index (χ0n) is 34.2. The van der Waals surface area contributed by atoms with Crippen LogP contribution in [0.5, 0.6) is 0 Å². The summed E-state index contributed by atoms with van der Waals surface area (Å²) in [5, 5.41) is 1.47. The second-order valence-electron chi connectivity index (χ2n) is 11.9. The van der Waals surface area contributed by atoms with E-state index < -0.39 is 36.3 Å². The van der Waals surface area contributed by atoms with E-state index in [0.29, 0.717) is 45.3 Å². The summed E-state index contributed by atoms with van der Waals surface area (Å²) < 4.78 is 77.1. The van der Waals surface area contributed by atoms with Crippen LogP contribution in [-0.2, 0) is 0 Å². The van der Waals surface area contributed by atoms with E-state index in [-0.39, 0.29) is 33.9 Å². The van der Waals surface area contributed by atoms with Gasteiger partial charge in [0.05, 0.1) is 22.0 Å². The smallest absolute Gasteiger partial charge is 0.164 e. The van der Waals surface area contributed by atoms with E-state index in [2.05, 4.69) is 24.3 Å². The van der Waals surface area contributed by atoms with E-state index in [1.807, 2.05) is 84.9 Å². The highest BCUT2D eigenvalue weighted by Gasteiger charge is 2.19. The van der Waals surface area contributed by atoms with Gasteiger partial charge in [0, 0.05) is 50.0 Å². The molecule has 0 saturated carbocycles. The average molecular weight is 649 g/mol. The molecule has 0 N–H and O–H groups in total. The lowest BCUT2D eigenvalue weighted by molar-refractivity contribution is 0.668. The lowest BCUT2D eigenvalue weighted by Gasteiger charge is -2.10. The summed E-state index contributed by atoms with van der Waals surface area (Å²) in [6, 6.07) is 35.3. The molecule has 10 rings (SSSR count). The summed E-state index contributed by atoms with van der Waals surface area (Å²) in [6.07, 6.45) is 0. The number of hydrogen-bond acceptors (Lipinski definition) is 4. The van der Waals surface area contributed by atoms with Crippen LogP contribution < -0.4 is 0 Å². The molecule has 0 amide bonds. The summed E-state index contributed by atoms with van der Waals surface area (Å²) in [5.74, 6) is 1.42. The number of hydrogen-bond donors (Lipinski definition) is 0. The third-order valence-electron chi connectivity index (χ3n) is 8.91. The molecule has 50 heavy (non-hydrogen) atoms. The van der Waals surface area contributed by atoms with Gasteiger partial charge in [-0.15, -0.1) is 0 Å². The highest BCUT2D eigenvalue weighted by molar-refractivity contribution is 6.13. The van der Waals surface area contributed by atoms with E-state index >= 15 is 0 Å². The number of rotatable bonds is 5. The minimum atomic E-state index is -0.495. The zero-order valence-corrected chi connectivity index (χ0v) is 26.2. The topological polar surface area (TPSA) is 56.7 Å². The van der Waals surface area contributed by atoms with Gasteiger partial charge in [-0.25, -0.2) is 15.0 Å². The van der Waals surface area contributed by atoms with Crippen LogP contribution >= 0.6 is 0 Å². The van der Waals surface area contributed by atoms with Gasteiger partial charge in [0.25, 0.3) is 0 Å². The van der Waals surface area contributed by atoms with Crippen molar-refractivity contribution in [2.75, 3.05) is 0 Å². The SMILES string of the molecule is [2H]c1c([2H])c([2H])c2c(c1[2H])c1c([2H])c([2H])c([2H])c([2H])c1n2-c1ccc2c(c1)oc1cccc(-c3nc(-c4ccccc4)nc(-c4cccc(-c5ccccc5)c4)n3)c12. The van der Waals surface area contributed by atoms with Gasteiger partial charge < -0.3 is 8.98 Å². The van der Waals surface area contributed by atoms with E-state index in [0.717, 1.165) is 27.6 Å². The van der Waals surface area contributed by atoms with Crippen LogP contribution in [0, 0.1) is 0 Å². The largest absolute Gasteiger partial charge is 0.456 e. The Kier molecular flexibility index (Phi) is 4.83. The number of aromatic nitrogens is 4. The van der Waals surface area contributed by atoms with E-state index in [4.69, 9.17) is 30.3 Å². The highest BCUT2D eigenvalue weighted by Crippen LogP contribution is 2.39. The molecule has 5 nitrogen and oxygen atoms in total. The van der Waals surface area contributed by atoms with Crippen molar-refractivity contribution in [3.63, 3.8) is 0 Å². The number of fused-ring (bicyclic) bond motifs is 6. The molecular formula is C45H28N4O. The Bertz CT molecular complexity index is 3250. The second kappa shape index (κ2) is 11.4. The van der Waals surface area contributed by atoms with Gasteiger partial charge in [0.1, 0.15) is 11.2 Å². The summed E-state index contributed by atoms with van der Waals surface area (Å²) in [7, 11) is 0. The van der Waals surface area contributed by atoms with Crippen LogP contribution in [0.4, 0.5) is 0 Å². The molecule has 7 aromatic carbocycles. The quantitative estimate of drug-likeness (QED) is 0.186. The third-order valence-corrected chi connectivity index (χ3v) is 8.91. The first-order chi connectivity index (χ1) is 28.1. The van der Waals surface area contributed by atoms with Crippen molar-refractivity contribution >= 4 is 43.7 Å². The molecule has 10 aromatic rings. The first kappa shape index (κ1) is 21.2. The van der Waals surface area contributed by atoms with Crippen molar-refractivity contribution in [2.24, 2.45) is 0 Å². The fourth-order valence-corrected chi connectivity index (χ4v) is 6.63. The molecule has 0 saturated heterocycles. The van der Waals surface area contributed by atoms with Gasteiger partial charge >= 0.3 is 0 Å². The Morgan fingerprint density at radius 1 is 0.460 bits per heavy atom. The van der Waals surface area contributed by atoms with Crippen molar-refractivity contribution in [2.45, 2.75) is 0 Å². The molecule has 234 valence electrons. The monoisotopic (exact) mass is 648 g/mol. The molecule has 0 aliphatic carbocycles. The van der Waals surface area contributed by atoms with Crippen molar-refractivity contribution < 1.29 is 15.4 Å². The fourth-order valence-electron chi connectivity index (χ4n) is 6.63. The summed E-state index contributed by atoms with van der Waals surface area (Å²) >= 11 is 0. The van der Waals surface area contributed by atoms with E-state index in [9.17, 15) is 0 Å². The van der Waals surface area contributed by atoms with Crippen molar-refractivity contribution in [3.8, 4) is 51.0 Å². The fraction of sp³-hybridized carbons (Fsp3) is 0. The van der Waals surface area contributed by atoms with Crippen LogP contribution in [0.3, 0.4) is 0 Å². The molecule has 3 heterocycles. The van der Waals surface area contributed by atoms with Crippen molar-refractivity contribution in [1.29, 1.82) is 0 Å². The second-order valence-corrected chi connectivity index (χ2v) is 11.9. The lowest BCUT2D eigenvalue weighted by atomic mass is 10.0. The Labute approximate surface area is 299 Å². The van der Waals surface area contributed by atoms with E-state index in [1.54, 1.807) is 12.1 Å². The number of para-hydroxylation sites is 2. The standard InChI is InChI=1S/C45H28N4O/c1-3-13-29(14-4-1)31-17-11-18-32(27-31)44-46-43(30-15-5-2-6-16-30)47-45(48-44)37-21-12-24-40-42(37)36-26-25-33(28-41(36)50-40)49-38-22-9-7-19-34(38)35-20-8-10-23-39(35)49/h1-28H/i7D,8D,9D,10D,19D,20D,22D,23D. The molecule has 0 aliphatic heterocycles. The minimum absolute atomic E-state index is 0.00848. The first-order valence-corrected chi connectivity index (χ1v) is 16.0. The predicted molar refractivity (Wildman–Crippen MR) is 203 cm³/mol. The van der Waals surface area contributed by atoms with Crippen molar-refractivity contribution in [1.82, 2.24) is 19.5 Å². The van der Waals surface area contributed by atoms with Crippen LogP contribution in [0.2, 0.25) is 0 Å². The molecule has 0 bridgehead atoms. The van der Waals surface area contributed by atoms with Gasteiger partial charge in [-0.05, 0) is 47.5 Å². The Balaban J connectivity index is 1.20. The third kappa shape index (κ3) is 4.60. The average Bonchev–Trinajstić information content (AvgIpc) is 3.83. The normalized spacial score (nSPS) is 13.8. The van der Waals surface area contributed by atoms with Crippen LogP contribution in [0.25, 0.3) is 94.7 Å². The molecule has 0 radical (unpaired) electrons. The Morgan fingerprint density at radius 3 is 1.80 bits per heavy atom. The van der Waals surface area contributed by atoms with Gasteiger partial charge in [0.15, 0.2) is 17.5 Å². The Hall–Kier alpha value is -6.85. The minimum Gasteiger partial charge on any atom is -0.456 e. The molecule has 0 unspecified atom stereocenters. The maximum Gasteiger partial charge on any atom is 0.164 e. The molecule has 0 spiro atoms. The highest BCUT2D eigenvalue weighted by atomic mass is 16.3. The summed E-state index contributed by atoms with van der Waals surface area (Å²) in [6.45, 7) is 0. The summed E-state index contributed by atoms with van der Waals surface area (Å²) in [4.78, 5) is 15.0.